The third-order valence-electron chi connectivity index (χ3n) is 5.78. The molecule has 0 saturated carbocycles. The first-order chi connectivity index (χ1) is 15.6. The number of rotatable bonds is 4. The van der Waals surface area contributed by atoms with Gasteiger partial charge < -0.3 is 14.8 Å². The van der Waals surface area contributed by atoms with E-state index < -0.39 is 5.97 Å². The average Bonchev–Trinajstić information content (AvgIpc) is 2.84. The van der Waals surface area contributed by atoms with Gasteiger partial charge in [0.15, 0.2) is 11.5 Å². The van der Waals surface area contributed by atoms with Crippen molar-refractivity contribution in [3.63, 3.8) is 0 Å². The molecule has 1 N–H and O–H groups in total. The maximum absolute atomic E-state index is 12.5. The van der Waals surface area contributed by atoms with Gasteiger partial charge in [-0.1, -0.05) is 54.6 Å². The van der Waals surface area contributed by atoms with Gasteiger partial charge in [-0.25, -0.2) is 4.79 Å². The lowest BCUT2D eigenvalue weighted by Crippen LogP contribution is -2.23. The van der Waals surface area contributed by atoms with E-state index >= 15 is 0 Å². The van der Waals surface area contributed by atoms with Gasteiger partial charge in [-0.15, -0.1) is 0 Å². The summed E-state index contributed by atoms with van der Waals surface area (Å²) in [6.07, 6.45) is 0.327. The summed E-state index contributed by atoms with van der Waals surface area (Å²) in [6, 6.07) is 26.4. The van der Waals surface area contributed by atoms with Crippen molar-refractivity contribution in [3.05, 3.63) is 102 Å². The number of ether oxygens (including phenoxy) is 2. The summed E-state index contributed by atoms with van der Waals surface area (Å²) >= 11 is 0. The van der Waals surface area contributed by atoms with Gasteiger partial charge in [0.25, 0.3) is 0 Å². The fourth-order valence-electron chi connectivity index (χ4n) is 4.27. The molecule has 1 atom stereocenters. The number of fused-ring (bicyclic) bond motifs is 3. The topological polar surface area (TPSA) is 64.6 Å². The van der Waals surface area contributed by atoms with Crippen molar-refractivity contribution >= 4 is 28.3 Å². The first-order valence-corrected chi connectivity index (χ1v) is 10.4. The number of hydrogen-bond donors (Lipinski definition) is 1. The molecule has 1 aliphatic rings. The molecule has 5 nitrogen and oxygen atoms in total. The first kappa shape index (κ1) is 19.8. The molecule has 32 heavy (non-hydrogen) atoms. The van der Waals surface area contributed by atoms with Gasteiger partial charge in [-0.2, -0.15) is 0 Å². The van der Waals surface area contributed by atoms with E-state index in [1.807, 2.05) is 42.5 Å². The molecule has 5 rings (SSSR count). The van der Waals surface area contributed by atoms with Gasteiger partial charge in [-0.05, 0) is 52.2 Å². The zero-order chi connectivity index (χ0) is 22.1. The van der Waals surface area contributed by atoms with Crippen LogP contribution in [0.3, 0.4) is 0 Å². The number of esters is 1. The van der Waals surface area contributed by atoms with Gasteiger partial charge in [-0.3, -0.25) is 4.79 Å². The number of benzene rings is 4. The molecule has 4 aromatic rings. The van der Waals surface area contributed by atoms with Crippen LogP contribution in [0.1, 0.15) is 33.8 Å². The highest BCUT2D eigenvalue weighted by molar-refractivity contribution is 6.01. The smallest absolute Gasteiger partial charge is 0.343 e. The molecular weight excluding hydrogens is 402 g/mol. The summed E-state index contributed by atoms with van der Waals surface area (Å²) in [5, 5.41) is 5.22. The molecule has 5 heteroatoms. The highest BCUT2D eigenvalue weighted by atomic mass is 16.6. The third-order valence-corrected chi connectivity index (χ3v) is 5.78. The summed E-state index contributed by atoms with van der Waals surface area (Å²) in [5.74, 6) is 0.155. The molecule has 0 aliphatic carbocycles. The van der Waals surface area contributed by atoms with Crippen LogP contribution < -0.4 is 14.8 Å². The number of carbonyl (C=O) groups excluding carboxylic acids is 2. The Kier molecular flexibility index (Phi) is 5.07. The summed E-state index contributed by atoms with van der Waals surface area (Å²) in [4.78, 5) is 24.9. The van der Waals surface area contributed by atoms with Crippen molar-refractivity contribution in [2.45, 2.75) is 12.3 Å². The highest BCUT2D eigenvalue weighted by Crippen LogP contribution is 2.43. The normalized spacial score (nSPS) is 15.0. The Bertz CT molecular complexity index is 1330. The van der Waals surface area contributed by atoms with Crippen LogP contribution in [-0.2, 0) is 4.79 Å². The van der Waals surface area contributed by atoms with Crippen molar-refractivity contribution in [1.29, 1.82) is 0 Å². The predicted octanol–water partition coefficient (Wildman–Crippen LogP) is 5.54. The summed E-state index contributed by atoms with van der Waals surface area (Å²) < 4.78 is 11.1. The van der Waals surface area contributed by atoms with Crippen LogP contribution >= 0.6 is 0 Å². The monoisotopic (exact) mass is 423 g/mol. The van der Waals surface area contributed by atoms with Gasteiger partial charge in [0.05, 0.1) is 12.7 Å². The second kappa shape index (κ2) is 8.19. The molecule has 0 radical (unpaired) electrons. The van der Waals surface area contributed by atoms with E-state index in [1.165, 1.54) is 7.11 Å². The van der Waals surface area contributed by atoms with E-state index in [4.69, 9.17) is 9.47 Å². The molecule has 158 valence electrons. The van der Waals surface area contributed by atoms with Crippen LogP contribution in [0.15, 0.2) is 84.9 Å². The van der Waals surface area contributed by atoms with Crippen molar-refractivity contribution in [3.8, 4) is 11.5 Å². The van der Waals surface area contributed by atoms with Gasteiger partial charge >= 0.3 is 5.97 Å². The number of carbonyl (C=O) groups is 2. The lowest BCUT2D eigenvalue weighted by molar-refractivity contribution is -0.116. The standard InChI is InChI=1S/C27H21NO4/c1-31-24-15-19(12-14-23(24)32-27(30)18-8-3-2-4-9-18)21-16-25(29)28-22-13-11-17-7-5-6-10-20(17)26(21)22/h2-15,21H,16H2,1H3,(H,28,29)/t21-/m0/s1. The molecule has 1 amide bonds. The Balaban J connectivity index is 1.54. The molecule has 1 heterocycles. The van der Waals surface area contributed by atoms with Crippen molar-refractivity contribution in [1.82, 2.24) is 0 Å². The van der Waals surface area contributed by atoms with E-state index in [9.17, 15) is 9.59 Å². The van der Waals surface area contributed by atoms with E-state index in [2.05, 4.69) is 17.4 Å². The number of anilines is 1. The summed E-state index contributed by atoms with van der Waals surface area (Å²) in [5.41, 5.74) is 3.29. The van der Waals surface area contributed by atoms with Crippen LogP contribution in [0.5, 0.6) is 11.5 Å². The average molecular weight is 423 g/mol. The number of methoxy groups -OCH3 is 1. The second-order valence-corrected chi connectivity index (χ2v) is 7.72. The Hall–Kier alpha value is -4.12. The van der Waals surface area contributed by atoms with Crippen molar-refractivity contribution in [2.75, 3.05) is 12.4 Å². The SMILES string of the molecule is COc1cc([C@@H]2CC(=O)Nc3ccc4ccccc4c32)ccc1OC(=O)c1ccccc1. The summed E-state index contributed by atoms with van der Waals surface area (Å²) in [7, 11) is 1.54. The Labute approximate surface area is 185 Å². The largest absolute Gasteiger partial charge is 0.493 e. The molecular formula is C27H21NO4. The second-order valence-electron chi connectivity index (χ2n) is 7.72. The van der Waals surface area contributed by atoms with Crippen LogP contribution in [0.2, 0.25) is 0 Å². The lowest BCUT2D eigenvalue weighted by atomic mass is 9.82. The zero-order valence-corrected chi connectivity index (χ0v) is 17.5. The predicted molar refractivity (Wildman–Crippen MR) is 123 cm³/mol. The van der Waals surface area contributed by atoms with Gasteiger partial charge in [0.1, 0.15) is 0 Å². The zero-order valence-electron chi connectivity index (χ0n) is 17.5. The quantitative estimate of drug-likeness (QED) is 0.346. The molecule has 0 bridgehead atoms. The fraction of sp³-hybridized carbons (Fsp3) is 0.111. The fourth-order valence-corrected chi connectivity index (χ4v) is 4.27. The number of hydrogen-bond acceptors (Lipinski definition) is 4. The molecule has 0 aromatic heterocycles. The lowest BCUT2D eigenvalue weighted by Gasteiger charge is -2.28. The Morgan fingerprint density at radius 2 is 1.69 bits per heavy atom. The van der Waals surface area contributed by atoms with E-state index in [-0.39, 0.29) is 11.8 Å². The maximum Gasteiger partial charge on any atom is 0.343 e. The number of amides is 1. The Morgan fingerprint density at radius 3 is 2.50 bits per heavy atom. The molecule has 0 spiro atoms. The minimum Gasteiger partial charge on any atom is -0.493 e. The highest BCUT2D eigenvalue weighted by Gasteiger charge is 2.29. The van der Waals surface area contributed by atoms with Gasteiger partial charge in [0.2, 0.25) is 5.91 Å². The Morgan fingerprint density at radius 1 is 0.906 bits per heavy atom. The van der Waals surface area contributed by atoms with Crippen molar-refractivity contribution in [2.24, 2.45) is 0 Å². The van der Waals surface area contributed by atoms with Gasteiger partial charge in [0, 0.05) is 18.0 Å². The number of nitrogens with one attached hydrogen (secondary N) is 1. The summed E-state index contributed by atoms with van der Waals surface area (Å²) in [6.45, 7) is 0. The maximum atomic E-state index is 12.5. The minimum atomic E-state index is -0.454. The molecule has 0 unspecified atom stereocenters. The molecule has 4 aromatic carbocycles. The van der Waals surface area contributed by atoms with E-state index in [0.29, 0.717) is 23.5 Å². The van der Waals surface area contributed by atoms with Crippen LogP contribution in [-0.4, -0.2) is 19.0 Å². The van der Waals surface area contributed by atoms with Crippen LogP contribution in [0, 0.1) is 0 Å². The van der Waals surface area contributed by atoms with E-state index in [0.717, 1.165) is 27.6 Å². The third kappa shape index (κ3) is 3.58. The molecule has 0 fully saturated rings. The molecule has 0 saturated heterocycles. The minimum absolute atomic E-state index is 0.0312. The molecule has 1 aliphatic heterocycles. The van der Waals surface area contributed by atoms with Crippen molar-refractivity contribution < 1.29 is 19.1 Å². The van der Waals surface area contributed by atoms with Crippen LogP contribution in [0.4, 0.5) is 5.69 Å². The van der Waals surface area contributed by atoms with Crippen LogP contribution in [0.25, 0.3) is 10.8 Å². The van der Waals surface area contributed by atoms with E-state index in [1.54, 1.807) is 30.3 Å². The first-order valence-electron chi connectivity index (χ1n) is 10.4.